The Morgan fingerprint density at radius 1 is 0.870 bits per heavy atom. The minimum atomic E-state index is 0.0808. The molecule has 4 nitrogen and oxygen atoms in total. The number of aromatic hydroxyl groups is 1. The van der Waals surface area contributed by atoms with E-state index in [0.29, 0.717) is 5.75 Å². The molecule has 4 heteroatoms. The lowest BCUT2D eigenvalue weighted by atomic mass is 10.1. The summed E-state index contributed by atoms with van der Waals surface area (Å²) >= 11 is 0. The number of Topliss-reactive ketones (excluding diaryl/α,β-unsaturated/α-hetero) is 1. The highest BCUT2D eigenvalue weighted by Crippen LogP contribution is 2.30. The fraction of sp³-hybridized carbons (Fsp3) is 0.105. The van der Waals surface area contributed by atoms with Crippen LogP contribution in [0, 0.1) is 0 Å². The molecule has 0 aliphatic heterocycles. The van der Waals surface area contributed by atoms with E-state index in [-0.39, 0.29) is 11.5 Å². The summed E-state index contributed by atoms with van der Waals surface area (Å²) in [5.74, 6) is 5.97. The second-order valence-corrected chi connectivity index (χ2v) is 5.45. The molecule has 0 heterocycles. The van der Waals surface area contributed by atoms with Crippen LogP contribution >= 0.6 is 0 Å². The van der Waals surface area contributed by atoms with E-state index in [1.54, 1.807) is 36.4 Å². The van der Waals surface area contributed by atoms with E-state index in [1.165, 1.54) is 0 Å². The number of phenolic OH excluding ortho intramolecular Hbond substituents is 1. The van der Waals surface area contributed by atoms with Crippen LogP contribution in [0.1, 0.15) is 24.0 Å². The Morgan fingerprint density at radius 3 is 1.83 bits per heavy atom. The maximum absolute atomic E-state index is 12.5. The van der Waals surface area contributed by atoms with Crippen molar-refractivity contribution >= 4 is 17.9 Å². The van der Waals surface area contributed by atoms with Crippen LogP contribution < -0.4 is 10.7 Å². The lowest BCUT2D eigenvalue weighted by molar-refractivity contribution is -0.111. The number of hydrogen-bond donors (Lipinski definition) is 2. The molecule has 2 aromatic carbocycles. The molecule has 3 N–H and O–H groups in total. The van der Waals surface area contributed by atoms with Gasteiger partial charge in [0.15, 0.2) is 5.78 Å². The minimum Gasteiger partial charge on any atom is -0.508 e. The third kappa shape index (κ3) is 3.49. The highest BCUT2D eigenvalue weighted by Gasteiger charge is 2.22. The van der Waals surface area contributed by atoms with Crippen LogP contribution in [-0.4, -0.2) is 10.9 Å². The Bertz CT molecular complexity index is 771. The van der Waals surface area contributed by atoms with Crippen molar-refractivity contribution in [1.82, 2.24) is 0 Å². The smallest absolute Gasteiger partial charge is 0.185 e. The van der Waals surface area contributed by atoms with Crippen LogP contribution in [-0.2, 0) is 4.79 Å². The van der Waals surface area contributed by atoms with E-state index in [4.69, 9.17) is 5.90 Å². The van der Waals surface area contributed by atoms with Crippen molar-refractivity contribution in [1.29, 1.82) is 0 Å². The van der Waals surface area contributed by atoms with Crippen LogP contribution in [0.4, 0.5) is 0 Å². The van der Waals surface area contributed by atoms with Gasteiger partial charge in [-0.3, -0.25) is 4.79 Å². The highest BCUT2D eigenvalue weighted by molar-refractivity contribution is 6.15. The Balaban J connectivity index is 1.80. The lowest BCUT2D eigenvalue weighted by Gasteiger charge is -2.00. The molecule has 23 heavy (non-hydrogen) atoms. The number of hydrogen-bond acceptors (Lipinski definition) is 4. The zero-order valence-corrected chi connectivity index (χ0v) is 12.5. The molecule has 1 aliphatic rings. The van der Waals surface area contributed by atoms with Gasteiger partial charge in [-0.2, -0.15) is 5.90 Å². The molecule has 0 atom stereocenters. The third-order valence-electron chi connectivity index (χ3n) is 3.84. The van der Waals surface area contributed by atoms with E-state index in [9.17, 15) is 9.90 Å². The number of benzene rings is 2. The van der Waals surface area contributed by atoms with E-state index >= 15 is 0 Å². The van der Waals surface area contributed by atoms with E-state index < -0.39 is 0 Å². The monoisotopic (exact) mass is 307 g/mol. The number of nitrogens with two attached hydrogens (primary N) is 1. The number of phenols is 1. The Kier molecular flexibility index (Phi) is 4.26. The molecule has 0 saturated heterocycles. The van der Waals surface area contributed by atoms with Crippen LogP contribution in [0.2, 0.25) is 0 Å². The average molecular weight is 307 g/mol. The van der Waals surface area contributed by atoms with Crippen molar-refractivity contribution in [2.45, 2.75) is 12.8 Å². The molecular formula is C19H17NO3. The first-order valence-electron chi connectivity index (χ1n) is 7.37. The van der Waals surface area contributed by atoms with Crippen molar-refractivity contribution in [2.24, 2.45) is 5.90 Å². The molecule has 1 aliphatic carbocycles. The van der Waals surface area contributed by atoms with Gasteiger partial charge in [0.2, 0.25) is 0 Å². The van der Waals surface area contributed by atoms with Gasteiger partial charge in [0.05, 0.1) is 0 Å². The zero-order valence-electron chi connectivity index (χ0n) is 12.5. The summed E-state index contributed by atoms with van der Waals surface area (Å²) in [6.07, 6.45) is 5.25. The van der Waals surface area contributed by atoms with Gasteiger partial charge >= 0.3 is 0 Å². The van der Waals surface area contributed by atoms with Gasteiger partial charge in [0.25, 0.3) is 0 Å². The molecule has 0 radical (unpaired) electrons. The maximum atomic E-state index is 12.5. The van der Waals surface area contributed by atoms with Gasteiger partial charge in [-0.1, -0.05) is 24.3 Å². The van der Waals surface area contributed by atoms with Gasteiger partial charge in [0.1, 0.15) is 11.5 Å². The molecule has 0 unspecified atom stereocenters. The summed E-state index contributed by atoms with van der Waals surface area (Å²) in [5, 5.41) is 9.30. The van der Waals surface area contributed by atoms with E-state index in [0.717, 1.165) is 35.1 Å². The molecule has 0 aromatic heterocycles. The first-order valence-corrected chi connectivity index (χ1v) is 7.37. The first-order chi connectivity index (χ1) is 11.2. The second-order valence-electron chi connectivity index (χ2n) is 5.45. The standard InChI is InChI=1S/C19H17NO3/c20-23-18-9-3-14(4-10-18)12-16-6-5-15(19(16)22)11-13-1-7-17(21)8-2-13/h1-4,7-12,21H,5-6,20H2/b15-11+,16-12+. The van der Waals surface area contributed by atoms with E-state index in [1.807, 2.05) is 24.3 Å². The number of rotatable bonds is 3. The average Bonchev–Trinajstić information content (AvgIpc) is 2.91. The molecule has 0 spiro atoms. The molecule has 0 bridgehead atoms. The van der Waals surface area contributed by atoms with Crippen molar-refractivity contribution in [3.8, 4) is 11.5 Å². The van der Waals surface area contributed by atoms with Gasteiger partial charge in [-0.15, -0.1) is 0 Å². The van der Waals surface area contributed by atoms with Crippen LogP contribution in [0.15, 0.2) is 59.7 Å². The molecule has 2 aromatic rings. The summed E-state index contributed by atoms with van der Waals surface area (Å²) in [6.45, 7) is 0. The number of carbonyl (C=O) groups excluding carboxylic acids is 1. The quantitative estimate of drug-likeness (QED) is 0.672. The maximum Gasteiger partial charge on any atom is 0.185 e. The van der Waals surface area contributed by atoms with Crippen molar-refractivity contribution in [2.75, 3.05) is 0 Å². The predicted molar refractivity (Wildman–Crippen MR) is 89.6 cm³/mol. The molecule has 3 rings (SSSR count). The normalized spacial score (nSPS) is 17.9. The van der Waals surface area contributed by atoms with Crippen molar-refractivity contribution in [3.05, 3.63) is 70.8 Å². The first kappa shape index (κ1) is 15.1. The summed E-state index contributed by atoms with van der Waals surface area (Å²) in [6, 6.07) is 14.1. The summed E-state index contributed by atoms with van der Waals surface area (Å²) in [7, 11) is 0. The number of carbonyl (C=O) groups is 1. The van der Waals surface area contributed by atoms with Crippen molar-refractivity contribution in [3.63, 3.8) is 0 Å². The lowest BCUT2D eigenvalue weighted by Crippen LogP contribution is -2.01. The third-order valence-corrected chi connectivity index (χ3v) is 3.84. The predicted octanol–water partition coefficient (Wildman–Crippen LogP) is 3.47. The molecule has 1 fully saturated rings. The number of allylic oxidation sites excluding steroid dienone is 2. The highest BCUT2D eigenvalue weighted by atomic mass is 16.6. The minimum absolute atomic E-state index is 0.0808. The van der Waals surface area contributed by atoms with E-state index in [2.05, 4.69) is 4.84 Å². The molecule has 1 saturated carbocycles. The second kappa shape index (κ2) is 6.50. The van der Waals surface area contributed by atoms with Gasteiger partial charge in [0, 0.05) is 11.1 Å². The molecular weight excluding hydrogens is 290 g/mol. The van der Waals surface area contributed by atoms with Gasteiger partial charge in [-0.25, -0.2) is 0 Å². The van der Waals surface area contributed by atoms with Crippen LogP contribution in [0.5, 0.6) is 11.5 Å². The van der Waals surface area contributed by atoms with Gasteiger partial charge < -0.3 is 9.94 Å². The summed E-state index contributed by atoms with van der Waals surface area (Å²) in [5.41, 5.74) is 3.46. The molecule has 116 valence electrons. The molecule has 0 amide bonds. The summed E-state index contributed by atoms with van der Waals surface area (Å²) < 4.78 is 0. The fourth-order valence-corrected chi connectivity index (χ4v) is 2.59. The number of ketones is 1. The van der Waals surface area contributed by atoms with Crippen molar-refractivity contribution < 1.29 is 14.7 Å². The fourth-order valence-electron chi connectivity index (χ4n) is 2.59. The Labute approximate surface area is 134 Å². The topological polar surface area (TPSA) is 72.6 Å². The largest absolute Gasteiger partial charge is 0.508 e. The Morgan fingerprint density at radius 2 is 1.35 bits per heavy atom. The summed E-state index contributed by atoms with van der Waals surface area (Å²) in [4.78, 5) is 17.1. The Hall–Kier alpha value is -2.85. The van der Waals surface area contributed by atoms with Gasteiger partial charge in [-0.05, 0) is 60.4 Å². The van der Waals surface area contributed by atoms with Crippen LogP contribution in [0.25, 0.3) is 12.2 Å². The SMILES string of the molecule is NOc1ccc(/C=C2\CC/C(=C\c3ccc(O)cc3)C2=O)cc1. The van der Waals surface area contributed by atoms with Crippen LogP contribution in [0.3, 0.4) is 0 Å². The zero-order chi connectivity index (χ0) is 16.2.